The minimum Gasteiger partial charge on any atom is -0.388 e. The quantitative estimate of drug-likeness (QED) is 0.638. The molecule has 0 radical (unpaired) electrons. The zero-order chi connectivity index (χ0) is 16.6. The highest BCUT2D eigenvalue weighted by atomic mass is 35.5. The fourth-order valence-corrected chi connectivity index (χ4v) is 2.74. The largest absolute Gasteiger partial charge is 0.388 e. The number of likely N-dealkylation sites (tertiary alicyclic amines) is 1. The predicted molar refractivity (Wildman–Crippen MR) is 84.2 cm³/mol. The number of aromatic nitrogens is 1. The highest BCUT2D eigenvalue weighted by Crippen LogP contribution is 2.20. The van der Waals surface area contributed by atoms with E-state index in [1.54, 1.807) is 24.3 Å². The molecule has 2 heterocycles. The zero-order valence-corrected chi connectivity index (χ0v) is 12.9. The van der Waals surface area contributed by atoms with Crippen molar-refractivity contribution >= 4 is 34.3 Å². The van der Waals surface area contributed by atoms with Crippen molar-refractivity contribution in [2.24, 2.45) is 0 Å². The van der Waals surface area contributed by atoms with Crippen molar-refractivity contribution in [3.63, 3.8) is 0 Å². The topological polar surface area (TPSA) is 106 Å². The first kappa shape index (κ1) is 15.8. The summed E-state index contributed by atoms with van der Waals surface area (Å²) in [6.45, 7) is -0.0596. The van der Waals surface area contributed by atoms with E-state index >= 15 is 0 Å². The average Bonchev–Trinajstić information content (AvgIpc) is 3.08. The number of hydrogen-bond acceptors (Lipinski definition) is 4. The number of halogens is 1. The van der Waals surface area contributed by atoms with Crippen LogP contribution in [0.1, 0.15) is 10.5 Å². The summed E-state index contributed by atoms with van der Waals surface area (Å²) >= 11 is 5.90. The number of β-amino-alcohol motifs (C(OH)–C–C–N with tert-alkyl or cyclic N) is 2. The second-order valence-corrected chi connectivity index (χ2v) is 5.97. The number of H-pyrrole nitrogens is 1. The van der Waals surface area contributed by atoms with Gasteiger partial charge in [0.1, 0.15) is 5.69 Å². The molecule has 2 aromatic rings. The third kappa shape index (κ3) is 3.31. The van der Waals surface area contributed by atoms with Gasteiger partial charge in [-0.3, -0.25) is 9.59 Å². The van der Waals surface area contributed by atoms with Crippen molar-refractivity contribution in [1.29, 1.82) is 0 Å². The average molecular weight is 338 g/mol. The van der Waals surface area contributed by atoms with Gasteiger partial charge in [0.25, 0.3) is 5.91 Å². The molecule has 1 fully saturated rings. The first-order valence-electron chi connectivity index (χ1n) is 7.14. The Bertz CT molecular complexity index is 750. The number of carbonyl (C=O) groups excluding carboxylic acids is 2. The van der Waals surface area contributed by atoms with E-state index in [4.69, 9.17) is 11.6 Å². The van der Waals surface area contributed by atoms with Crippen molar-refractivity contribution in [2.45, 2.75) is 12.2 Å². The number of aliphatic hydroxyl groups is 2. The van der Waals surface area contributed by atoms with E-state index in [-0.39, 0.29) is 25.5 Å². The molecule has 1 aliphatic heterocycles. The molecule has 1 saturated heterocycles. The smallest absolute Gasteiger partial charge is 0.268 e. The molecule has 2 amide bonds. The highest BCUT2D eigenvalue weighted by molar-refractivity contribution is 6.31. The Morgan fingerprint density at radius 2 is 1.96 bits per heavy atom. The van der Waals surface area contributed by atoms with Crippen molar-refractivity contribution in [3.05, 3.63) is 35.0 Å². The van der Waals surface area contributed by atoms with Crippen LogP contribution in [0.4, 0.5) is 0 Å². The lowest BCUT2D eigenvalue weighted by molar-refractivity contribution is -0.129. The van der Waals surface area contributed by atoms with Gasteiger partial charge in [0.15, 0.2) is 0 Å². The summed E-state index contributed by atoms with van der Waals surface area (Å²) in [5.74, 6) is -0.765. The van der Waals surface area contributed by atoms with Crippen LogP contribution in [0.5, 0.6) is 0 Å². The summed E-state index contributed by atoms with van der Waals surface area (Å²) in [4.78, 5) is 28.3. The molecule has 0 unspecified atom stereocenters. The van der Waals surface area contributed by atoms with Crippen LogP contribution < -0.4 is 5.32 Å². The first-order chi connectivity index (χ1) is 10.9. The number of fused-ring (bicyclic) bond motifs is 1. The normalized spacial score (nSPS) is 20.9. The number of aliphatic hydroxyl groups excluding tert-OH is 2. The van der Waals surface area contributed by atoms with Gasteiger partial charge in [0.2, 0.25) is 5.91 Å². The van der Waals surface area contributed by atoms with Gasteiger partial charge in [-0.2, -0.15) is 0 Å². The van der Waals surface area contributed by atoms with Gasteiger partial charge < -0.3 is 25.4 Å². The predicted octanol–water partition coefficient (Wildman–Crippen LogP) is 0.115. The highest BCUT2D eigenvalue weighted by Gasteiger charge is 2.32. The van der Waals surface area contributed by atoms with Gasteiger partial charge in [0, 0.05) is 29.0 Å². The summed E-state index contributed by atoms with van der Waals surface area (Å²) < 4.78 is 0. The lowest BCUT2D eigenvalue weighted by Gasteiger charge is -2.15. The molecule has 0 spiro atoms. The number of nitrogens with zero attached hydrogens (tertiary/aromatic N) is 1. The zero-order valence-electron chi connectivity index (χ0n) is 12.1. The van der Waals surface area contributed by atoms with E-state index in [9.17, 15) is 19.8 Å². The van der Waals surface area contributed by atoms with Crippen LogP contribution in [0.3, 0.4) is 0 Å². The van der Waals surface area contributed by atoms with Gasteiger partial charge in [-0.05, 0) is 24.3 Å². The molecule has 7 nitrogen and oxygen atoms in total. The number of carbonyl (C=O) groups is 2. The summed E-state index contributed by atoms with van der Waals surface area (Å²) in [6, 6.07) is 6.88. The maximum absolute atomic E-state index is 12.1. The minimum atomic E-state index is -0.937. The van der Waals surface area contributed by atoms with Gasteiger partial charge in [-0.25, -0.2) is 0 Å². The SMILES string of the molecule is O=C(NCC(=O)N1C[C@@H](O)[C@H](O)C1)c1cc2cc(Cl)ccc2[nH]1. The Labute approximate surface area is 136 Å². The lowest BCUT2D eigenvalue weighted by atomic mass is 10.2. The van der Waals surface area contributed by atoms with Crippen LogP contribution in [0.2, 0.25) is 5.02 Å². The van der Waals surface area contributed by atoms with Crippen LogP contribution in [-0.4, -0.2) is 63.8 Å². The molecule has 1 aliphatic rings. The van der Waals surface area contributed by atoms with E-state index in [1.807, 2.05) is 0 Å². The van der Waals surface area contributed by atoms with Crippen molar-refractivity contribution in [3.8, 4) is 0 Å². The summed E-state index contributed by atoms with van der Waals surface area (Å²) in [5.41, 5.74) is 1.10. The molecule has 8 heteroatoms. The monoisotopic (exact) mass is 337 g/mol. The molecule has 1 aromatic heterocycles. The second-order valence-electron chi connectivity index (χ2n) is 5.53. The molecule has 0 saturated carbocycles. The molecular weight excluding hydrogens is 322 g/mol. The van der Waals surface area contributed by atoms with Gasteiger partial charge >= 0.3 is 0 Å². The number of benzene rings is 1. The Balaban J connectivity index is 1.61. The van der Waals surface area contributed by atoms with Crippen LogP contribution in [0.15, 0.2) is 24.3 Å². The number of nitrogens with one attached hydrogen (secondary N) is 2. The van der Waals surface area contributed by atoms with Crippen molar-refractivity contribution in [2.75, 3.05) is 19.6 Å². The first-order valence-corrected chi connectivity index (χ1v) is 7.52. The fraction of sp³-hybridized carbons (Fsp3) is 0.333. The molecule has 122 valence electrons. The minimum absolute atomic E-state index is 0.0702. The number of aromatic amines is 1. The van der Waals surface area contributed by atoms with E-state index in [1.165, 1.54) is 4.90 Å². The molecule has 0 aliphatic carbocycles. The van der Waals surface area contributed by atoms with E-state index in [2.05, 4.69) is 10.3 Å². The summed E-state index contributed by atoms with van der Waals surface area (Å²) in [7, 11) is 0. The van der Waals surface area contributed by atoms with E-state index in [0.29, 0.717) is 10.7 Å². The van der Waals surface area contributed by atoms with Crippen LogP contribution in [0.25, 0.3) is 10.9 Å². The maximum atomic E-state index is 12.1. The molecule has 2 atom stereocenters. The number of rotatable bonds is 3. The van der Waals surface area contributed by atoms with Gasteiger partial charge in [0.05, 0.1) is 18.8 Å². The number of amides is 2. The summed E-state index contributed by atoms with van der Waals surface area (Å²) in [6.07, 6.45) is -1.87. The Morgan fingerprint density at radius 1 is 1.26 bits per heavy atom. The number of hydrogen-bond donors (Lipinski definition) is 4. The van der Waals surface area contributed by atoms with Crippen LogP contribution in [0, 0.1) is 0 Å². The lowest BCUT2D eigenvalue weighted by Crippen LogP contribution is -2.39. The summed E-state index contributed by atoms with van der Waals surface area (Å²) in [5, 5.41) is 22.8. The standard InChI is InChI=1S/C15H16ClN3O4/c16-9-1-2-10-8(3-9)4-11(18-10)15(23)17-5-14(22)19-6-12(20)13(21)7-19/h1-4,12-13,18,20-21H,5-7H2,(H,17,23)/t12-,13-/m1/s1. The van der Waals surface area contributed by atoms with E-state index < -0.39 is 18.1 Å². The van der Waals surface area contributed by atoms with Gasteiger partial charge in [-0.1, -0.05) is 11.6 Å². The van der Waals surface area contributed by atoms with Gasteiger partial charge in [-0.15, -0.1) is 0 Å². The van der Waals surface area contributed by atoms with Crippen LogP contribution in [-0.2, 0) is 4.79 Å². The molecule has 0 bridgehead atoms. The maximum Gasteiger partial charge on any atom is 0.268 e. The second kappa shape index (κ2) is 6.19. The molecule has 4 N–H and O–H groups in total. The molecule has 23 heavy (non-hydrogen) atoms. The Hall–Kier alpha value is -2.09. The Kier molecular flexibility index (Phi) is 4.25. The third-order valence-corrected chi connectivity index (χ3v) is 4.07. The third-order valence-electron chi connectivity index (χ3n) is 3.84. The molecule has 1 aromatic carbocycles. The fourth-order valence-electron chi connectivity index (χ4n) is 2.56. The van der Waals surface area contributed by atoms with Crippen molar-refractivity contribution < 1.29 is 19.8 Å². The molecule has 3 rings (SSSR count). The van der Waals surface area contributed by atoms with E-state index in [0.717, 1.165) is 10.9 Å². The van der Waals surface area contributed by atoms with Crippen LogP contribution >= 0.6 is 11.6 Å². The van der Waals surface area contributed by atoms with Crippen molar-refractivity contribution in [1.82, 2.24) is 15.2 Å². The molecular formula is C15H16ClN3O4. The Morgan fingerprint density at radius 3 is 2.65 bits per heavy atom.